The summed E-state index contributed by atoms with van der Waals surface area (Å²) in [6.07, 6.45) is 2.46. The second kappa shape index (κ2) is 10.9. The maximum Gasteiger partial charge on any atom is 0.257 e. The van der Waals surface area contributed by atoms with Crippen molar-refractivity contribution in [1.82, 2.24) is 10.3 Å². The van der Waals surface area contributed by atoms with Gasteiger partial charge in [-0.1, -0.05) is 49.4 Å². The SMILES string of the molecule is CCOc1ccc2[nH]cc(C(=O)NCc3ccc(CN(C)c4ccccc4CC)cc3)c(=O)c2c1. The second-order valence-electron chi connectivity index (χ2n) is 8.51. The molecule has 0 spiro atoms. The summed E-state index contributed by atoms with van der Waals surface area (Å²) in [6, 6.07) is 21.9. The highest BCUT2D eigenvalue weighted by molar-refractivity contribution is 5.97. The Kier molecular flexibility index (Phi) is 7.51. The monoisotopic (exact) mass is 469 g/mol. The average molecular weight is 470 g/mol. The van der Waals surface area contributed by atoms with Gasteiger partial charge in [0, 0.05) is 42.9 Å². The molecule has 3 aromatic carbocycles. The van der Waals surface area contributed by atoms with Crippen LogP contribution in [0.4, 0.5) is 5.69 Å². The van der Waals surface area contributed by atoms with Crippen molar-refractivity contribution in [3.63, 3.8) is 0 Å². The lowest BCUT2D eigenvalue weighted by molar-refractivity contribution is 0.0949. The third-order valence-electron chi connectivity index (χ3n) is 6.09. The highest BCUT2D eigenvalue weighted by Crippen LogP contribution is 2.22. The molecule has 0 aliphatic carbocycles. The minimum Gasteiger partial charge on any atom is -0.494 e. The van der Waals surface area contributed by atoms with E-state index >= 15 is 0 Å². The highest BCUT2D eigenvalue weighted by atomic mass is 16.5. The maximum absolute atomic E-state index is 12.9. The molecule has 0 aliphatic heterocycles. The molecule has 0 aliphatic rings. The number of nitrogens with zero attached hydrogens (tertiary/aromatic N) is 1. The normalized spacial score (nSPS) is 10.8. The molecule has 1 heterocycles. The minimum absolute atomic E-state index is 0.0824. The Morgan fingerprint density at radius 1 is 1.00 bits per heavy atom. The number of H-pyrrole nitrogens is 1. The summed E-state index contributed by atoms with van der Waals surface area (Å²) < 4.78 is 5.49. The van der Waals surface area contributed by atoms with Crippen LogP contribution in [0.5, 0.6) is 5.75 Å². The van der Waals surface area contributed by atoms with Crippen molar-refractivity contribution in [3.8, 4) is 5.75 Å². The lowest BCUT2D eigenvalue weighted by Crippen LogP contribution is -2.28. The van der Waals surface area contributed by atoms with Crippen LogP contribution in [-0.4, -0.2) is 24.5 Å². The van der Waals surface area contributed by atoms with Gasteiger partial charge in [0.05, 0.1) is 6.61 Å². The molecule has 1 aromatic heterocycles. The lowest BCUT2D eigenvalue weighted by Gasteiger charge is -2.22. The van der Waals surface area contributed by atoms with E-state index in [0.29, 0.717) is 29.8 Å². The van der Waals surface area contributed by atoms with Gasteiger partial charge in [-0.3, -0.25) is 9.59 Å². The first-order chi connectivity index (χ1) is 17.0. The number of fused-ring (bicyclic) bond motifs is 1. The van der Waals surface area contributed by atoms with Crippen LogP contribution in [0, 0.1) is 0 Å². The van der Waals surface area contributed by atoms with Gasteiger partial charge in [0.15, 0.2) is 0 Å². The molecule has 1 amide bonds. The van der Waals surface area contributed by atoms with Crippen LogP contribution >= 0.6 is 0 Å². The first-order valence-corrected chi connectivity index (χ1v) is 11.9. The van der Waals surface area contributed by atoms with E-state index in [4.69, 9.17) is 4.74 Å². The van der Waals surface area contributed by atoms with Gasteiger partial charge in [-0.15, -0.1) is 0 Å². The van der Waals surface area contributed by atoms with Gasteiger partial charge in [-0.25, -0.2) is 0 Å². The summed E-state index contributed by atoms with van der Waals surface area (Å²) in [7, 11) is 2.10. The van der Waals surface area contributed by atoms with Gasteiger partial charge in [0.1, 0.15) is 11.3 Å². The van der Waals surface area contributed by atoms with Crippen molar-refractivity contribution in [2.45, 2.75) is 33.4 Å². The van der Waals surface area contributed by atoms with E-state index in [1.807, 2.05) is 19.1 Å². The van der Waals surface area contributed by atoms with Gasteiger partial charge in [-0.05, 0) is 54.3 Å². The molecule has 0 radical (unpaired) electrons. The van der Waals surface area contributed by atoms with Gasteiger partial charge in [0.2, 0.25) is 5.43 Å². The molecule has 0 bridgehead atoms. The zero-order valence-corrected chi connectivity index (χ0v) is 20.4. The van der Waals surface area contributed by atoms with Crippen LogP contribution in [-0.2, 0) is 19.5 Å². The number of carbonyl (C=O) groups excluding carboxylic acids is 1. The molecule has 0 atom stereocenters. The summed E-state index contributed by atoms with van der Waals surface area (Å²) in [5.41, 5.74) is 5.14. The molecule has 0 saturated heterocycles. The number of aromatic nitrogens is 1. The van der Waals surface area contributed by atoms with E-state index < -0.39 is 5.91 Å². The van der Waals surface area contributed by atoms with Crippen LogP contribution in [0.3, 0.4) is 0 Å². The van der Waals surface area contributed by atoms with Crippen molar-refractivity contribution in [3.05, 3.63) is 105 Å². The lowest BCUT2D eigenvalue weighted by atomic mass is 10.1. The van der Waals surface area contributed by atoms with E-state index in [2.05, 4.69) is 65.6 Å². The van der Waals surface area contributed by atoms with Gasteiger partial charge >= 0.3 is 0 Å². The quantitative estimate of drug-likeness (QED) is 0.360. The number of pyridine rings is 1. The van der Waals surface area contributed by atoms with E-state index in [9.17, 15) is 9.59 Å². The fourth-order valence-corrected chi connectivity index (χ4v) is 4.20. The number of benzene rings is 3. The number of rotatable bonds is 9. The van der Waals surface area contributed by atoms with Crippen molar-refractivity contribution in [2.24, 2.45) is 0 Å². The largest absolute Gasteiger partial charge is 0.494 e. The van der Waals surface area contributed by atoms with Crippen LogP contribution in [0.2, 0.25) is 0 Å². The van der Waals surface area contributed by atoms with Crippen LogP contribution in [0.25, 0.3) is 10.9 Å². The Labute approximate surface area is 205 Å². The number of anilines is 1. The van der Waals surface area contributed by atoms with Gasteiger partial charge in [0.25, 0.3) is 5.91 Å². The smallest absolute Gasteiger partial charge is 0.257 e. The molecule has 4 rings (SSSR count). The highest BCUT2D eigenvalue weighted by Gasteiger charge is 2.14. The van der Waals surface area contributed by atoms with Crippen LogP contribution in [0.15, 0.2) is 77.7 Å². The third-order valence-corrected chi connectivity index (χ3v) is 6.09. The number of aryl methyl sites for hydroxylation is 1. The Morgan fingerprint density at radius 3 is 2.49 bits per heavy atom. The number of carbonyl (C=O) groups is 1. The first-order valence-electron chi connectivity index (χ1n) is 11.9. The number of nitrogens with one attached hydrogen (secondary N) is 2. The number of hydrogen-bond acceptors (Lipinski definition) is 4. The zero-order valence-electron chi connectivity index (χ0n) is 20.4. The molecule has 0 saturated carbocycles. The summed E-state index contributed by atoms with van der Waals surface area (Å²) in [4.78, 5) is 30.9. The van der Waals surface area contributed by atoms with Crippen molar-refractivity contribution in [2.75, 3.05) is 18.6 Å². The fraction of sp³-hybridized carbons (Fsp3) is 0.241. The molecule has 4 aromatic rings. The predicted octanol–water partition coefficient (Wildman–Crippen LogP) is 5.06. The fourth-order valence-electron chi connectivity index (χ4n) is 4.20. The standard InChI is InChI=1S/C29H31N3O3/c1-4-22-8-6-7-9-27(22)32(3)19-21-12-10-20(11-13-21)17-31-29(34)25-18-30-26-15-14-23(35-5-2)16-24(26)28(25)33/h6-16,18H,4-5,17,19H2,1-3H3,(H,30,33)(H,31,34). The van der Waals surface area contributed by atoms with Gasteiger partial charge in [-0.2, -0.15) is 0 Å². The Morgan fingerprint density at radius 2 is 1.74 bits per heavy atom. The third kappa shape index (κ3) is 5.54. The Bertz CT molecular complexity index is 1380. The topological polar surface area (TPSA) is 74.4 Å². The van der Waals surface area contributed by atoms with Crippen molar-refractivity contribution >= 4 is 22.5 Å². The van der Waals surface area contributed by atoms with E-state index in [1.54, 1.807) is 18.2 Å². The van der Waals surface area contributed by atoms with Crippen molar-refractivity contribution in [1.29, 1.82) is 0 Å². The maximum atomic E-state index is 12.9. The molecule has 35 heavy (non-hydrogen) atoms. The second-order valence-corrected chi connectivity index (χ2v) is 8.51. The molecule has 0 unspecified atom stereocenters. The molecular weight excluding hydrogens is 438 g/mol. The number of ether oxygens (including phenoxy) is 1. The van der Waals surface area contributed by atoms with E-state index in [0.717, 1.165) is 18.5 Å². The Hall–Kier alpha value is -4.06. The minimum atomic E-state index is -0.407. The van der Waals surface area contributed by atoms with Crippen LogP contribution in [0.1, 0.15) is 40.9 Å². The molecule has 6 heteroatoms. The number of para-hydroxylation sites is 1. The van der Waals surface area contributed by atoms with E-state index in [1.165, 1.54) is 23.0 Å². The van der Waals surface area contributed by atoms with Gasteiger partial charge < -0.3 is 19.9 Å². The van der Waals surface area contributed by atoms with E-state index in [-0.39, 0.29) is 11.0 Å². The summed E-state index contributed by atoms with van der Waals surface area (Å²) in [6.45, 7) is 5.68. The zero-order chi connectivity index (χ0) is 24.8. The summed E-state index contributed by atoms with van der Waals surface area (Å²) in [5, 5.41) is 3.29. The average Bonchev–Trinajstić information content (AvgIpc) is 2.88. The number of amides is 1. The number of aromatic amines is 1. The molecule has 180 valence electrons. The summed E-state index contributed by atoms with van der Waals surface area (Å²) >= 11 is 0. The molecular formula is C29H31N3O3. The summed E-state index contributed by atoms with van der Waals surface area (Å²) in [5.74, 6) is 0.196. The molecule has 6 nitrogen and oxygen atoms in total. The van der Waals surface area contributed by atoms with Crippen molar-refractivity contribution < 1.29 is 9.53 Å². The molecule has 0 fully saturated rings. The Balaban J connectivity index is 1.41. The molecule has 2 N–H and O–H groups in total. The van der Waals surface area contributed by atoms with Crippen LogP contribution < -0.4 is 20.4 Å². The first kappa shape index (κ1) is 24.1. The number of hydrogen-bond donors (Lipinski definition) is 2. The predicted molar refractivity (Wildman–Crippen MR) is 141 cm³/mol.